The molecule has 152 valence electrons. The Labute approximate surface area is 171 Å². The van der Waals surface area contributed by atoms with E-state index in [4.69, 9.17) is 0 Å². The van der Waals surface area contributed by atoms with E-state index >= 15 is 0 Å². The third-order valence-corrected chi connectivity index (χ3v) is 4.88. The van der Waals surface area contributed by atoms with Gasteiger partial charge in [-0.05, 0) is 31.6 Å². The summed E-state index contributed by atoms with van der Waals surface area (Å²) in [4.78, 5) is 27.9. The molecule has 1 unspecified atom stereocenters. The quantitative estimate of drug-likeness (QED) is 0.671. The van der Waals surface area contributed by atoms with E-state index in [1.54, 1.807) is 12.1 Å². The van der Waals surface area contributed by atoms with Gasteiger partial charge in [-0.15, -0.1) is 0 Å². The first-order valence-corrected chi connectivity index (χ1v) is 9.88. The van der Waals surface area contributed by atoms with Crippen molar-refractivity contribution in [3.63, 3.8) is 0 Å². The zero-order valence-corrected chi connectivity index (χ0v) is 17.4. The number of amides is 1. The standard InChI is InChI=1S/C23H28N4O2/c1-16(2)15-27-23(29)19-13-9-8-12-18(19)21(25-27)22(28)24-14-20(26(3)4)17-10-6-5-7-11-17/h5-13,16,20H,14-15H2,1-4H3,(H,24,28). The number of fused-ring (bicyclic) bond motifs is 1. The van der Waals surface area contributed by atoms with Gasteiger partial charge >= 0.3 is 0 Å². The van der Waals surface area contributed by atoms with Crippen molar-refractivity contribution in [3.8, 4) is 0 Å². The Morgan fingerprint density at radius 2 is 1.66 bits per heavy atom. The minimum atomic E-state index is -0.276. The molecule has 0 saturated carbocycles. The van der Waals surface area contributed by atoms with E-state index in [0.29, 0.717) is 23.9 Å². The average Bonchev–Trinajstić information content (AvgIpc) is 2.70. The summed E-state index contributed by atoms with van der Waals surface area (Å²) in [6, 6.07) is 17.2. The number of rotatable bonds is 7. The number of aromatic nitrogens is 2. The number of hydrogen-bond donors (Lipinski definition) is 1. The molecule has 6 heteroatoms. The summed E-state index contributed by atoms with van der Waals surface area (Å²) in [6.07, 6.45) is 0. The molecule has 0 radical (unpaired) electrons. The van der Waals surface area contributed by atoms with Crippen molar-refractivity contribution in [2.75, 3.05) is 20.6 Å². The van der Waals surface area contributed by atoms with Crippen LogP contribution in [0.2, 0.25) is 0 Å². The van der Waals surface area contributed by atoms with Crippen molar-refractivity contribution in [1.29, 1.82) is 0 Å². The van der Waals surface area contributed by atoms with E-state index in [1.807, 2.05) is 70.4 Å². The molecule has 3 aromatic rings. The molecular formula is C23H28N4O2. The van der Waals surface area contributed by atoms with Gasteiger partial charge in [-0.25, -0.2) is 4.68 Å². The van der Waals surface area contributed by atoms with Gasteiger partial charge in [0.2, 0.25) is 0 Å². The highest BCUT2D eigenvalue weighted by molar-refractivity contribution is 6.04. The summed E-state index contributed by atoms with van der Waals surface area (Å²) < 4.78 is 1.41. The Balaban J connectivity index is 1.92. The van der Waals surface area contributed by atoms with Crippen molar-refractivity contribution in [2.24, 2.45) is 5.92 Å². The van der Waals surface area contributed by atoms with Gasteiger partial charge in [-0.3, -0.25) is 9.59 Å². The number of carbonyl (C=O) groups is 1. The fourth-order valence-corrected chi connectivity index (χ4v) is 3.42. The minimum absolute atomic E-state index is 0.0352. The molecule has 6 nitrogen and oxygen atoms in total. The van der Waals surface area contributed by atoms with Crippen LogP contribution in [-0.2, 0) is 6.54 Å². The molecule has 0 spiro atoms. The number of benzene rings is 2. The molecule has 0 bridgehead atoms. The van der Waals surface area contributed by atoms with Crippen molar-refractivity contribution in [1.82, 2.24) is 20.0 Å². The van der Waals surface area contributed by atoms with Crippen molar-refractivity contribution < 1.29 is 4.79 Å². The van der Waals surface area contributed by atoms with Gasteiger partial charge < -0.3 is 10.2 Å². The van der Waals surface area contributed by atoms with E-state index in [1.165, 1.54) is 4.68 Å². The highest BCUT2D eigenvalue weighted by Gasteiger charge is 2.20. The van der Waals surface area contributed by atoms with Crippen LogP contribution in [0.5, 0.6) is 0 Å². The second-order valence-corrected chi connectivity index (χ2v) is 7.88. The normalized spacial score (nSPS) is 12.5. The summed E-state index contributed by atoms with van der Waals surface area (Å²) in [5, 5.41) is 8.52. The molecule has 0 saturated heterocycles. The molecule has 1 amide bonds. The van der Waals surface area contributed by atoms with Gasteiger partial charge in [0.25, 0.3) is 11.5 Å². The number of nitrogens with one attached hydrogen (secondary N) is 1. The largest absolute Gasteiger partial charge is 0.349 e. The SMILES string of the molecule is CC(C)Cn1nc(C(=O)NCC(c2ccccc2)N(C)C)c2ccccc2c1=O. The van der Waals surface area contributed by atoms with Crippen molar-refractivity contribution in [2.45, 2.75) is 26.4 Å². The van der Waals surface area contributed by atoms with Gasteiger partial charge in [0.05, 0.1) is 11.4 Å². The summed E-state index contributed by atoms with van der Waals surface area (Å²) in [7, 11) is 3.97. The molecule has 0 fully saturated rings. The average molecular weight is 393 g/mol. The van der Waals surface area contributed by atoms with Gasteiger partial charge in [-0.1, -0.05) is 62.4 Å². The molecule has 0 aliphatic rings. The van der Waals surface area contributed by atoms with Crippen molar-refractivity contribution >= 4 is 16.7 Å². The Morgan fingerprint density at radius 1 is 1.03 bits per heavy atom. The van der Waals surface area contributed by atoms with Crippen molar-refractivity contribution in [3.05, 3.63) is 76.2 Å². The molecule has 1 aromatic heterocycles. The maximum Gasteiger partial charge on any atom is 0.274 e. The maximum absolute atomic E-state index is 13.1. The fraction of sp³-hybridized carbons (Fsp3) is 0.348. The van der Waals surface area contributed by atoms with Crippen LogP contribution in [0.1, 0.15) is 35.9 Å². The Hall–Kier alpha value is -2.99. The smallest absolute Gasteiger partial charge is 0.274 e. The molecule has 0 aliphatic carbocycles. The second-order valence-electron chi connectivity index (χ2n) is 7.88. The van der Waals surface area contributed by atoms with E-state index in [-0.39, 0.29) is 29.1 Å². The van der Waals surface area contributed by atoms with Crippen LogP contribution < -0.4 is 10.9 Å². The predicted octanol–water partition coefficient (Wildman–Crippen LogP) is 3.09. The lowest BCUT2D eigenvalue weighted by Crippen LogP contribution is -2.36. The lowest BCUT2D eigenvalue weighted by molar-refractivity contribution is 0.0936. The monoisotopic (exact) mass is 392 g/mol. The van der Waals surface area contributed by atoms with E-state index in [2.05, 4.69) is 15.3 Å². The zero-order valence-electron chi connectivity index (χ0n) is 17.4. The van der Waals surface area contributed by atoms with E-state index in [9.17, 15) is 9.59 Å². The van der Waals surface area contributed by atoms with Crippen LogP contribution in [0.25, 0.3) is 10.8 Å². The number of likely N-dealkylation sites (N-methyl/N-ethyl adjacent to an activating group) is 1. The molecule has 1 heterocycles. The number of nitrogens with zero attached hydrogens (tertiary/aromatic N) is 3. The first-order valence-electron chi connectivity index (χ1n) is 9.88. The van der Waals surface area contributed by atoms with Crippen LogP contribution >= 0.6 is 0 Å². The van der Waals surface area contributed by atoms with Crippen LogP contribution in [0, 0.1) is 5.92 Å². The lowest BCUT2D eigenvalue weighted by atomic mass is 10.1. The summed E-state index contributed by atoms with van der Waals surface area (Å²) in [6.45, 7) is 4.94. The summed E-state index contributed by atoms with van der Waals surface area (Å²) in [5.41, 5.74) is 1.24. The third-order valence-electron chi connectivity index (χ3n) is 4.88. The van der Waals surface area contributed by atoms with Gasteiger partial charge in [0, 0.05) is 18.5 Å². The molecular weight excluding hydrogens is 364 g/mol. The lowest BCUT2D eigenvalue weighted by Gasteiger charge is -2.25. The Kier molecular flexibility index (Phi) is 6.44. The van der Waals surface area contributed by atoms with Crippen LogP contribution in [0.3, 0.4) is 0 Å². The minimum Gasteiger partial charge on any atom is -0.349 e. The summed E-state index contributed by atoms with van der Waals surface area (Å²) in [5.74, 6) is -0.0324. The molecule has 2 aromatic carbocycles. The molecule has 1 atom stereocenters. The first-order chi connectivity index (χ1) is 13.9. The fourth-order valence-electron chi connectivity index (χ4n) is 3.42. The number of hydrogen-bond acceptors (Lipinski definition) is 4. The maximum atomic E-state index is 13.1. The van der Waals surface area contributed by atoms with E-state index in [0.717, 1.165) is 5.56 Å². The molecule has 29 heavy (non-hydrogen) atoms. The highest BCUT2D eigenvalue weighted by atomic mass is 16.2. The summed E-state index contributed by atoms with van der Waals surface area (Å²) >= 11 is 0. The molecule has 0 aliphatic heterocycles. The topological polar surface area (TPSA) is 67.2 Å². The third kappa shape index (κ3) is 4.71. The van der Waals surface area contributed by atoms with Gasteiger partial charge in [0.1, 0.15) is 0 Å². The first kappa shape index (κ1) is 20.7. The molecule has 1 N–H and O–H groups in total. The van der Waals surface area contributed by atoms with Crippen LogP contribution in [0.4, 0.5) is 0 Å². The second kappa shape index (κ2) is 9.01. The van der Waals surface area contributed by atoms with Gasteiger partial charge in [0.15, 0.2) is 5.69 Å². The zero-order chi connectivity index (χ0) is 21.0. The van der Waals surface area contributed by atoms with Gasteiger partial charge in [-0.2, -0.15) is 5.10 Å². The Morgan fingerprint density at radius 3 is 2.28 bits per heavy atom. The predicted molar refractivity (Wildman–Crippen MR) is 116 cm³/mol. The number of carbonyl (C=O) groups excluding carboxylic acids is 1. The van der Waals surface area contributed by atoms with Crippen LogP contribution in [-0.4, -0.2) is 41.2 Å². The van der Waals surface area contributed by atoms with E-state index < -0.39 is 0 Å². The Bertz CT molecular complexity index is 1040. The molecule has 3 rings (SSSR count). The van der Waals surface area contributed by atoms with Crippen LogP contribution in [0.15, 0.2) is 59.4 Å². The highest BCUT2D eigenvalue weighted by Crippen LogP contribution is 2.18.